The molecule has 4 heterocycles. The van der Waals surface area contributed by atoms with Gasteiger partial charge in [0.15, 0.2) is 5.76 Å². The molecule has 1 aromatic carbocycles. The highest BCUT2D eigenvalue weighted by Crippen LogP contribution is 2.33. The van der Waals surface area contributed by atoms with Crippen LogP contribution in [0.5, 0.6) is 0 Å². The van der Waals surface area contributed by atoms with Crippen molar-refractivity contribution in [1.29, 1.82) is 0 Å². The number of furan rings is 1. The van der Waals surface area contributed by atoms with Gasteiger partial charge >= 0.3 is 0 Å². The van der Waals surface area contributed by atoms with Gasteiger partial charge in [-0.2, -0.15) is 0 Å². The summed E-state index contributed by atoms with van der Waals surface area (Å²) in [7, 11) is 0. The molecule has 2 aromatic rings. The molecule has 1 aromatic heterocycles. The normalized spacial score (nSPS) is 28.1. The van der Waals surface area contributed by atoms with E-state index in [0.717, 1.165) is 29.3 Å². The highest BCUT2D eigenvalue weighted by atomic mass is 32.2. The first kappa shape index (κ1) is 16.7. The van der Waals surface area contributed by atoms with Crippen molar-refractivity contribution in [2.75, 3.05) is 19.3 Å². The van der Waals surface area contributed by atoms with Crippen LogP contribution in [0.25, 0.3) is 11.3 Å². The van der Waals surface area contributed by atoms with E-state index in [1.807, 2.05) is 30.5 Å². The van der Waals surface area contributed by atoms with Gasteiger partial charge in [-0.3, -0.25) is 9.69 Å². The van der Waals surface area contributed by atoms with Crippen LogP contribution < -0.4 is 5.32 Å². The average Bonchev–Trinajstić information content (AvgIpc) is 3.15. The lowest BCUT2D eigenvalue weighted by Gasteiger charge is -2.49. The second-order valence-electron chi connectivity index (χ2n) is 6.98. The zero-order valence-corrected chi connectivity index (χ0v) is 15.5. The summed E-state index contributed by atoms with van der Waals surface area (Å²) in [6.07, 6.45) is 4.41. The molecular formula is C20H24N2O2S. The highest BCUT2D eigenvalue weighted by Gasteiger charge is 2.40. The predicted molar refractivity (Wildman–Crippen MR) is 101 cm³/mol. The molecule has 2 bridgehead atoms. The molecular weight excluding hydrogens is 332 g/mol. The molecule has 0 saturated carbocycles. The van der Waals surface area contributed by atoms with Crippen LogP contribution >= 0.6 is 11.8 Å². The van der Waals surface area contributed by atoms with Crippen molar-refractivity contribution < 1.29 is 9.21 Å². The summed E-state index contributed by atoms with van der Waals surface area (Å²) in [5.41, 5.74) is 1.03. The first-order valence-electron chi connectivity index (χ1n) is 8.95. The summed E-state index contributed by atoms with van der Waals surface area (Å²) < 4.78 is 5.89. The van der Waals surface area contributed by atoms with Gasteiger partial charge < -0.3 is 9.73 Å². The van der Waals surface area contributed by atoms with E-state index in [0.29, 0.717) is 17.7 Å². The fraction of sp³-hybridized carbons (Fsp3) is 0.450. The van der Waals surface area contributed by atoms with Crippen LogP contribution in [0.3, 0.4) is 0 Å². The smallest absolute Gasteiger partial charge is 0.287 e. The Labute approximate surface area is 153 Å². The van der Waals surface area contributed by atoms with Crippen molar-refractivity contribution in [2.45, 2.75) is 36.7 Å². The molecule has 3 aliphatic rings. The Morgan fingerprint density at radius 1 is 1.20 bits per heavy atom. The van der Waals surface area contributed by atoms with Crippen molar-refractivity contribution in [2.24, 2.45) is 5.92 Å². The largest absolute Gasteiger partial charge is 0.451 e. The Kier molecular flexibility index (Phi) is 4.61. The van der Waals surface area contributed by atoms with Gasteiger partial charge in [0.05, 0.1) is 0 Å². The molecule has 0 radical (unpaired) electrons. The van der Waals surface area contributed by atoms with E-state index in [1.54, 1.807) is 17.8 Å². The molecule has 5 heteroatoms. The predicted octanol–water partition coefficient (Wildman–Crippen LogP) is 3.88. The standard InChI is InChI=1S/C20H24N2O2S/c1-13-19(14-9-11-22(13)12-10-14)21-20(23)17-8-7-16(24-17)15-5-3-4-6-18(15)25-2/h3-8,13-14,19H,9-12H2,1-2H3,(H,21,23)/t13-,19+/m1/s1. The monoisotopic (exact) mass is 356 g/mol. The number of carbonyl (C=O) groups excluding carboxylic acids is 1. The van der Waals surface area contributed by atoms with Gasteiger partial charge in [-0.1, -0.05) is 18.2 Å². The summed E-state index contributed by atoms with van der Waals surface area (Å²) in [5, 5.41) is 3.23. The van der Waals surface area contributed by atoms with Crippen LogP contribution in [0.1, 0.15) is 30.3 Å². The Bertz CT molecular complexity index is 763. The van der Waals surface area contributed by atoms with Crippen molar-refractivity contribution in [1.82, 2.24) is 10.2 Å². The van der Waals surface area contributed by atoms with E-state index in [4.69, 9.17) is 4.42 Å². The maximum atomic E-state index is 12.7. The third kappa shape index (κ3) is 3.11. The number of rotatable bonds is 4. The van der Waals surface area contributed by atoms with Crippen LogP contribution in [-0.2, 0) is 0 Å². The molecule has 132 valence electrons. The first-order valence-corrected chi connectivity index (χ1v) is 10.2. The van der Waals surface area contributed by atoms with E-state index in [-0.39, 0.29) is 11.9 Å². The van der Waals surface area contributed by atoms with E-state index in [9.17, 15) is 4.79 Å². The van der Waals surface area contributed by atoms with Crippen LogP contribution in [0.15, 0.2) is 45.7 Å². The average molecular weight is 356 g/mol. The third-order valence-electron chi connectivity index (χ3n) is 5.68. The second kappa shape index (κ2) is 6.89. The quantitative estimate of drug-likeness (QED) is 0.845. The zero-order chi connectivity index (χ0) is 17.4. The lowest BCUT2D eigenvalue weighted by atomic mass is 9.79. The maximum absolute atomic E-state index is 12.7. The van der Waals surface area contributed by atoms with Crippen molar-refractivity contribution in [3.05, 3.63) is 42.2 Å². The van der Waals surface area contributed by atoms with Crippen LogP contribution in [0.2, 0.25) is 0 Å². The van der Waals surface area contributed by atoms with Gasteiger partial charge in [0.1, 0.15) is 5.76 Å². The molecule has 25 heavy (non-hydrogen) atoms. The molecule has 0 unspecified atom stereocenters. The molecule has 3 saturated heterocycles. The third-order valence-corrected chi connectivity index (χ3v) is 6.47. The lowest BCUT2D eigenvalue weighted by molar-refractivity contribution is 0.0211. The van der Waals surface area contributed by atoms with Gasteiger partial charge in [0, 0.05) is 22.5 Å². The summed E-state index contributed by atoms with van der Waals surface area (Å²) in [6.45, 7) is 4.54. The fourth-order valence-electron chi connectivity index (χ4n) is 4.22. The number of nitrogens with zero attached hydrogens (tertiary/aromatic N) is 1. The molecule has 0 spiro atoms. The second-order valence-corrected chi connectivity index (χ2v) is 7.83. The van der Waals surface area contributed by atoms with Gasteiger partial charge in [0.2, 0.25) is 0 Å². The first-order chi connectivity index (χ1) is 12.2. The zero-order valence-electron chi connectivity index (χ0n) is 14.7. The van der Waals surface area contributed by atoms with Crippen LogP contribution in [-0.4, -0.2) is 42.2 Å². The molecule has 2 atom stereocenters. The summed E-state index contributed by atoms with van der Waals surface area (Å²) >= 11 is 1.68. The molecule has 5 rings (SSSR count). The summed E-state index contributed by atoms with van der Waals surface area (Å²) in [6, 6.07) is 12.4. The minimum absolute atomic E-state index is 0.0986. The molecule has 0 aliphatic carbocycles. The minimum atomic E-state index is -0.0986. The maximum Gasteiger partial charge on any atom is 0.287 e. The van der Waals surface area contributed by atoms with E-state index in [1.165, 1.54) is 12.8 Å². The highest BCUT2D eigenvalue weighted by molar-refractivity contribution is 7.98. The SMILES string of the molecule is CSc1ccccc1-c1ccc(C(=O)N[C@@H]2C3CCN(CC3)[C@@H]2C)o1. The van der Waals surface area contributed by atoms with Gasteiger partial charge in [-0.15, -0.1) is 11.8 Å². The Morgan fingerprint density at radius 3 is 2.68 bits per heavy atom. The van der Waals surface area contributed by atoms with Crippen molar-refractivity contribution in [3.8, 4) is 11.3 Å². The number of fused-ring (bicyclic) bond motifs is 3. The van der Waals surface area contributed by atoms with Gasteiger partial charge in [-0.05, 0) is 63.2 Å². The minimum Gasteiger partial charge on any atom is -0.451 e. The summed E-state index contributed by atoms with van der Waals surface area (Å²) in [4.78, 5) is 16.3. The van der Waals surface area contributed by atoms with Crippen LogP contribution in [0, 0.1) is 5.92 Å². The molecule has 1 N–H and O–H groups in total. The molecule has 4 nitrogen and oxygen atoms in total. The van der Waals surface area contributed by atoms with Gasteiger partial charge in [0.25, 0.3) is 5.91 Å². The molecule has 1 amide bonds. The Balaban J connectivity index is 1.51. The summed E-state index contributed by atoms with van der Waals surface area (Å²) in [5.74, 6) is 1.64. The van der Waals surface area contributed by atoms with Crippen molar-refractivity contribution in [3.63, 3.8) is 0 Å². The number of thioether (sulfide) groups is 1. The number of benzene rings is 1. The number of piperidine rings is 3. The number of carbonyl (C=O) groups is 1. The number of hydrogen-bond acceptors (Lipinski definition) is 4. The Hall–Kier alpha value is -1.72. The number of nitrogens with one attached hydrogen (secondary N) is 1. The molecule has 3 aliphatic heterocycles. The lowest BCUT2D eigenvalue weighted by Crippen LogP contribution is -2.62. The van der Waals surface area contributed by atoms with E-state index >= 15 is 0 Å². The van der Waals surface area contributed by atoms with Gasteiger partial charge in [-0.25, -0.2) is 0 Å². The fourth-order valence-corrected chi connectivity index (χ4v) is 4.82. The van der Waals surface area contributed by atoms with Crippen molar-refractivity contribution >= 4 is 17.7 Å². The van der Waals surface area contributed by atoms with Crippen LogP contribution in [0.4, 0.5) is 0 Å². The number of hydrogen-bond donors (Lipinski definition) is 1. The van der Waals surface area contributed by atoms with E-state index < -0.39 is 0 Å². The number of amides is 1. The van der Waals surface area contributed by atoms with E-state index in [2.05, 4.69) is 23.2 Å². The topological polar surface area (TPSA) is 45.5 Å². The molecule has 3 fully saturated rings. The Morgan fingerprint density at radius 2 is 1.96 bits per heavy atom.